The second-order valence-electron chi connectivity index (χ2n) is 10.5. The summed E-state index contributed by atoms with van der Waals surface area (Å²) in [5.74, 6) is -0.423. The van der Waals surface area contributed by atoms with Crippen LogP contribution >= 0.6 is 72.6 Å². The highest BCUT2D eigenvalue weighted by molar-refractivity contribution is 7.19. The average molecular weight is 656 g/mol. The Balaban J connectivity index is 0.00000133. The van der Waals surface area contributed by atoms with Gasteiger partial charge in [-0.1, -0.05) is 25.4 Å². The van der Waals surface area contributed by atoms with Crippen molar-refractivity contribution in [2.24, 2.45) is 17.3 Å². The summed E-state index contributed by atoms with van der Waals surface area (Å²) in [5, 5.41) is 7.59. The fourth-order valence-electron chi connectivity index (χ4n) is 5.75. The van der Waals surface area contributed by atoms with Crippen LogP contribution in [0.25, 0.3) is 21.5 Å². The van der Waals surface area contributed by atoms with E-state index in [1.54, 1.807) is 17.5 Å². The minimum Gasteiger partial charge on any atom is -0.380 e. The number of likely N-dealkylation sites (tertiary alicyclic amines) is 1. The lowest BCUT2D eigenvalue weighted by Gasteiger charge is -2.26. The van der Waals surface area contributed by atoms with Gasteiger partial charge in [-0.15, -0.1) is 61.0 Å². The number of aromatic nitrogens is 2. The van der Waals surface area contributed by atoms with Gasteiger partial charge in [0.05, 0.1) is 40.0 Å². The van der Waals surface area contributed by atoms with Crippen molar-refractivity contribution in [2.75, 3.05) is 18.4 Å². The summed E-state index contributed by atoms with van der Waals surface area (Å²) in [6.45, 7) is 8.34. The number of thiophene rings is 1. The molecule has 2 amide bonds. The van der Waals surface area contributed by atoms with Crippen LogP contribution in [0.15, 0.2) is 24.4 Å². The van der Waals surface area contributed by atoms with Crippen LogP contribution in [0.5, 0.6) is 0 Å². The monoisotopic (exact) mass is 653 g/mol. The Bertz CT molecular complexity index is 1350. The smallest absolute Gasteiger partial charge is 0.234 e. The maximum absolute atomic E-state index is 12.8. The van der Waals surface area contributed by atoms with Crippen LogP contribution < -0.4 is 10.6 Å². The Morgan fingerprint density at radius 3 is 2.38 bits per heavy atom. The standard InChI is InChI=1S/C26H28ClN5O2S.4ClH/c1-13-10-18(27)31-22(21(13)30-14-4-7-28-8-5-14)16-6-9-29-17-11-15(35-23(16)17)12-32-24(33)19-20(25(32)34)26(19,2)3;;;;/h6,9-11,14,19-20,28,30H,4-5,7-8,12H2,1-3H3;4*1H. The van der Waals surface area contributed by atoms with Crippen molar-refractivity contribution < 1.29 is 9.59 Å². The molecule has 0 bridgehead atoms. The minimum absolute atomic E-state index is 0. The first-order valence-electron chi connectivity index (χ1n) is 12.1. The highest BCUT2D eigenvalue weighted by Gasteiger charge is 2.72. The largest absolute Gasteiger partial charge is 0.380 e. The van der Waals surface area contributed by atoms with Gasteiger partial charge in [0.25, 0.3) is 0 Å². The lowest BCUT2D eigenvalue weighted by atomic mass is 10.0. The molecule has 2 N–H and O–H groups in total. The Hall–Kier alpha value is -1.39. The summed E-state index contributed by atoms with van der Waals surface area (Å²) in [6, 6.07) is 6.22. The Morgan fingerprint density at radius 2 is 1.74 bits per heavy atom. The first-order chi connectivity index (χ1) is 16.8. The Kier molecular flexibility index (Phi) is 11.0. The van der Waals surface area contributed by atoms with Gasteiger partial charge < -0.3 is 10.6 Å². The van der Waals surface area contributed by atoms with Gasteiger partial charge in [0, 0.05) is 22.7 Å². The lowest BCUT2D eigenvalue weighted by molar-refractivity contribution is -0.143. The van der Waals surface area contributed by atoms with Crippen LogP contribution in [-0.4, -0.2) is 45.8 Å². The molecule has 2 atom stereocenters. The van der Waals surface area contributed by atoms with Crippen LogP contribution in [0.3, 0.4) is 0 Å². The number of pyridine rings is 2. The molecule has 2 unspecified atom stereocenters. The summed E-state index contributed by atoms with van der Waals surface area (Å²) in [6.07, 6.45) is 3.88. The van der Waals surface area contributed by atoms with E-state index in [1.165, 1.54) is 4.90 Å². The molecule has 0 radical (unpaired) electrons. The van der Waals surface area contributed by atoms with E-state index in [0.717, 1.165) is 63.5 Å². The number of aryl methyl sites for hydroxylation is 1. The molecule has 3 aliphatic rings. The molecule has 2 aliphatic heterocycles. The molecule has 0 spiro atoms. The SMILES string of the molecule is Cc1cc(Cl)nc(-c2ccnc3cc(CN4C(=O)C5C(C4=O)C5(C)C)sc23)c1NC1CCNCC1.Cl.Cl.Cl.Cl. The zero-order chi connectivity index (χ0) is 24.5. The van der Waals surface area contributed by atoms with Gasteiger partial charge in [0.15, 0.2) is 0 Å². The third-order valence-corrected chi connectivity index (χ3v) is 9.13. The van der Waals surface area contributed by atoms with Crippen molar-refractivity contribution in [3.05, 3.63) is 40.0 Å². The van der Waals surface area contributed by atoms with Gasteiger partial charge in [0.1, 0.15) is 5.15 Å². The summed E-state index contributed by atoms with van der Waals surface area (Å²) in [5.41, 5.74) is 4.45. The fraction of sp³-hybridized carbons (Fsp3) is 0.462. The molecule has 3 fully saturated rings. The molecule has 3 aromatic rings. The second kappa shape index (κ2) is 12.6. The predicted octanol–water partition coefficient (Wildman–Crippen LogP) is 6.31. The number of fused-ring (bicyclic) bond motifs is 2. The summed E-state index contributed by atoms with van der Waals surface area (Å²) < 4.78 is 0.981. The van der Waals surface area contributed by atoms with E-state index in [-0.39, 0.29) is 78.7 Å². The molecular weight excluding hydrogens is 624 g/mol. The number of nitrogens with zero attached hydrogens (tertiary/aromatic N) is 3. The molecule has 5 heterocycles. The zero-order valence-corrected chi connectivity index (χ0v) is 26.5. The van der Waals surface area contributed by atoms with Crippen molar-refractivity contribution in [1.82, 2.24) is 20.2 Å². The number of nitrogens with one attached hydrogen (secondary N) is 2. The summed E-state index contributed by atoms with van der Waals surface area (Å²) in [4.78, 5) is 37.4. The highest BCUT2D eigenvalue weighted by atomic mass is 35.5. The molecule has 39 heavy (non-hydrogen) atoms. The molecule has 3 aromatic heterocycles. The quantitative estimate of drug-likeness (QED) is 0.248. The van der Waals surface area contributed by atoms with Gasteiger partial charge in [0.2, 0.25) is 11.8 Å². The third-order valence-electron chi connectivity index (χ3n) is 7.80. The van der Waals surface area contributed by atoms with Crippen molar-refractivity contribution in [1.29, 1.82) is 0 Å². The van der Waals surface area contributed by atoms with E-state index in [0.29, 0.717) is 17.7 Å². The van der Waals surface area contributed by atoms with Crippen LogP contribution in [0, 0.1) is 24.2 Å². The molecule has 1 aliphatic carbocycles. The summed E-state index contributed by atoms with van der Waals surface area (Å²) >= 11 is 7.98. The van der Waals surface area contributed by atoms with Crippen LogP contribution in [0.4, 0.5) is 5.69 Å². The number of halogens is 5. The van der Waals surface area contributed by atoms with E-state index in [2.05, 4.69) is 22.5 Å². The van der Waals surface area contributed by atoms with Gasteiger partial charge >= 0.3 is 0 Å². The predicted molar refractivity (Wildman–Crippen MR) is 167 cm³/mol. The van der Waals surface area contributed by atoms with Gasteiger partial charge in [-0.3, -0.25) is 19.5 Å². The number of carbonyl (C=O) groups is 2. The van der Waals surface area contributed by atoms with Gasteiger partial charge in [-0.05, 0) is 62.0 Å². The first kappa shape index (κ1) is 33.8. The van der Waals surface area contributed by atoms with Gasteiger partial charge in [-0.2, -0.15) is 0 Å². The lowest BCUT2D eigenvalue weighted by Crippen LogP contribution is -2.35. The highest BCUT2D eigenvalue weighted by Crippen LogP contribution is 2.63. The number of anilines is 1. The average Bonchev–Trinajstić information content (AvgIpc) is 3.07. The van der Waals surface area contributed by atoms with Crippen LogP contribution in [0.1, 0.15) is 37.1 Å². The Morgan fingerprint density at radius 1 is 1.10 bits per heavy atom. The molecule has 7 nitrogen and oxygen atoms in total. The molecule has 1 saturated carbocycles. The Labute approximate surface area is 261 Å². The second-order valence-corrected chi connectivity index (χ2v) is 12.0. The molecular formula is C26H32Cl5N5O2S. The number of hydrogen-bond donors (Lipinski definition) is 2. The molecule has 13 heteroatoms. The van der Waals surface area contributed by atoms with Crippen LogP contribution in [0.2, 0.25) is 5.15 Å². The molecule has 6 rings (SSSR count). The fourth-order valence-corrected chi connectivity index (χ4v) is 7.11. The number of amides is 2. The number of carbonyl (C=O) groups excluding carboxylic acids is 2. The van der Waals surface area contributed by atoms with Crippen molar-refractivity contribution in [3.63, 3.8) is 0 Å². The normalized spacial score (nSPS) is 21.3. The number of hydrogen-bond acceptors (Lipinski definition) is 7. The van der Waals surface area contributed by atoms with Crippen molar-refractivity contribution >= 4 is 100 Å². The number of rotatable bonds is 5. The molecule has 214 valence electrons. The number of piperidine rings is 2. The molecule has 2 saturated heterocycles. The summed E-state index contributed by atoms with van der Waals surface area (Å²) in [7, 11) is 0. The van der Waals surface area contributed by atoms with Crippen molar-refractivity contribution in [3.8, 4) is 11.3 Å². The van der Waals surface area contributed by atoms with Crippen molar-refractivity contribution in [2.45, 2.75) is 46.2 Å². The van der Waals surface area contributed by atoms with E-state index < -0.39 is 0 Å². The van der Waals surface area contributed by atoms with Gasteiger partial charge in [-0.25, -0.2) is 4.98 Å². The maximum atomic E-state index is 12.8. The number of imide groups is 1. The van der Waals surface area contributed by atoms with E-state index in [9.17, 15) is 9.59 Å². The van der Waals surface area contributed by atoms with Crippen LogP contribution in [-0.2, 0) is 16.1 Å². The zero-order valence-electron chi connectivity index (χ0n) is 21.7. The topological polar surface area (TPSA) is 87.2 Å². The first-order valence-corrected chi connectivity index (χ1v) is 13.3. The maximum Gasteiger partial charge on any atom is 0.234 e. The third kappa shape index (κ3) is 5.85. The van der Waals surface area contributed by atoms with E-state index in [1.807, 2.05) is 32.0 Å². The van der Waals surface area contributed by atoms with E-state index >= 15 is 0 Å². The molecule has 0 aromatic carbocycles. The minimum atomic E-state index is -0.201. The van der Waals surface area contributed by atoms with E-state index in [4.69, 9.17) is 16.6 Å².